The van der Waals surface area contributed by atoms with E-state index in [1.807, 2.05) is 49.1 Å². The van der Waals surface area contributed by atoms with Crippen molar-refractivity contribution in [2.75, 3.05) is 31.7 Å². The molecule has 1 saturated heterocycles. The Kier molecular flexibility index (Phi) is 10.3. The van der Waals surface area contributed by atoms with Crippen LogP contribution in [-0.4, -0.2) is 79.3 Å². The number of anilines is 1. The summed E-state index contributed by atoms with van der Waals surface area (Å²) in [6.45, 7) is 8.98. The van der Waals surface area contributed by atoms with Crippen LogP contribution in [0.3, 0.4) is 0 Å². The van der Waals surface area contributed by atoms with E-state index in [0.717, 1.165) is 31.6 Å². The average Bonchev–Trinajstić information content (AvgIpc) is 3.19. The third kappa shape index (κ3) is 7.09. The maximum Gasteiger partial charge on any atom is 0.363 e. The molecule has 1 aliphatic heterocycles. The van der Waals surface area contributed by atoms with E-state index in [-0.39, 0.29) is 23.2 Å². The van der Waals surface area contributed by atoms with Gasteiger partial charge in [0.05, 0.1) is 18.7 Å². The number of carbonyl (C=O) groups is 1. The third-order valence-electron chi connectivity index (χ3n) is 6.24. The van der Waals surface area contributed by atoms with Crippen molar-refractivity contribution >= 4 is 11.6 Å². The fourth-order valence-corrected chi connectivity index (χ4v) is 4.48. The van der Waals surface area contributed by atoms with E-state index >= 15 is 0 Å². The number of tetrazole rings is 1. The van der Waals surface area contributed by atoms with E-state index in [2.05, 4.69) is 22.3 Å². The quantitative estimate of drug-likeness (QED) is 0.404. The molecule has 0 radical (unpaired) electrons. The van der Waals surface area contributed by atoms with Gasteiger partial charge in [0.1, 0.15) is 0 Å². The van der Waals surface area contributed by atoms with Gasteiger partial charge < -0.3 is 14.8 Å². The fourth-order valence-electron chi connectivity index (χ4n) is 4.48. The van der Waals surface area contributed by atoms with E-state index in [0.29, 0.717) is 26.1 Å². The highest BCUT2D eigenvalue weighted by Gasteiger charge is 2.43. The maximum atomic E-state index is 13.0. The molecule has 1 aromatic carbocycles. The molecule has 1 fully saturated rings. The Hall–Kier alpha value is -3.32. The number of amides is 1. The van der Waals surface area contributed by atoms with Gasteiger partial charge in [0.2, 0.25) is 5.91 Å². The molecule has 194 valence electrons. The van der Waals surface area contributed by atoms with Gasteiger partial charge in [0.25, 0.3) is 5.09 Å². The summed E-state index contributed by atoms with van der Waals surface area (Å²) in [4.78, 5) is 38.0. The predicted molar refractivity (Wildman–Crippen MR) is 128 cm³/mol. The summed E-state index contributed by atoms with van der Waals surface area (Å²) in [5, 5.41) is 21.5. The summed E-state index contributed by atoms with van der Waals surface area (Å²) in [7, 11) is 1.69. The van der Waals surface area contributed by atoms with Crippen molar-refractivity contribution in [2.24, 2.45) is 0 Å². The number of para-hydroxylation sites is 1. The topological polar surface area (TPSA) is 149 Å². The number of hydrogen-bond donors (Lipinski definition) is 1. The molecular weight excluding hydrogens is 458 g/mol. The Bertz CT molecular complexity index is 997. The van der Waals surface area contributed by atoms with E-state index in [4.69, 9.17) is 20.1 Å². The van der Waals surface area contributed by atoms with Crippen molar-refractivity contribution < 1.29 is 19.8 Å². The van der Waals surface area contributed by atoms with Crippen LogP contribution >= 0.6 is 0 Å². The summed E-state index contributed by atoms with van der Waals surface area (Å²) in [5.41, 5.74) is 0.348. The number of benzene rings is 1. The number of hydrogen-bond acceptors (Lipinski definition) is 8. The van der Waals surface area contributed by atoms with Gasteiger partial charge in [0.15, 0.2) is 0 Å². The average molecular weight is 494 g/mol. The number of nitrogens with zero attached hydrogens (tertiary/aromatic N) is 7. The Morgan fingerprint density at radius 1 is 1.23 bits per heavy atom. The first-order valence-corrected chi connectivity index (χ1v) is 11.6. The van der Waals surface area contributed by atoms with Crippen molar-refractivity contribution in [3.63, 3.8) is 0 Å². The molecule has 13 heteroatoms. The largest absolute Gasteiger partial charge is 0.382 e. The van der Waals surface area contributed by atoms with Crippen LogP contribution in [0, 0.1) is 10.1 Å². The molecule has 0 saturated carbocycles. The predicted octanol–water partition coefficient (Wildman–Crippen LogP) is 1.42. The lowest BCUT2D eigenvalue weighted by Crippen LogP contribution is -2.61. The van der Waals surface area contributed by atoms with Crippen LogP contribution in [0.15, 0.2) is 35.1 Å². The second kappa shape index (κ2) is 13.0. The van der Waals surface area contributed by atoms with Gasteiger partial charge in [-0.05, 0) is 49.2 Å². The second-order valence-corrected chi connectivity index (χ2v) is 8.46. The Morgan fingerprint density at radius 2 is 1.80 bits per heavy atom. The molecule has 0 aliphatic carbocycles. The zero-order valence-electron chi connectivity index (χ0n) is 20.7. The lowest BCUT2D eigenvalue weighted by Gasteiger charge is -2.49. The van der Waals surface area contributed by atoms with Crippen molar-refractivity contribution in [1.82, 2.24) is 24.7 Å². The van der Waals surface area contributed by atoms with Crippen molar-refractivity contribution in [3.8, 4) is 0 Å². The first-order chi connectivity index (χ1) is 16.7. The maximum absolute atomic E-state index is 13.0. The molecule has 1 aromatic heterocycles. The summed E-state index contributed by atoms with van der Waals surface area (Å²) < 4.78 is 8.42. The number of aromatic nitrogens is 4. The van der Waals surface area contributed by atoms with Crippen LogP contribution in [0.2, 0.25) is 0 Å². The Morgan fingerprint density at radius 3 is 2.29 bits per heavy atom. The number of rotatable bonds is 9. The normalized spacial score (nSPS) is 16.1. The van der Waals surface area contributed by atoms with Gasteiger partial charge in [-0.15, -0.1) is 10.1 Å². The number of piperidine rings is 1. The first-order valence-electron chi connectivity index (χ1n) is 11.6. The molecule has 1 unspecified atom stereocenters. The lowest BCUT2D eigenvalue weighted by molar-refractivity contribution is -0.742. The van der Waals surface area contributed by atoms with E-state index in [1.54, 1.807) is 7.11 Å². The SMILES string of the molecule is CCC(=O)N(c1ccccc1)C1(COC)CCN(C(C)Cn2nnn(CC)c2=O)CC1.O=[N+]([O-])O. The molecule has 35 heavy (non-hydrogen) atoms. The summed E-state index contributed by atoms with van der Waals surface area (Å²) in [6, 6.07) is 10.00. The first kappa shape index (κ1) is 27.9. The summed E-state index contributed by atoms with van der Waals surface area (Å²) in [6.07, 6.45) is 2.03. The molecular formula is C22H35N7O6. The van der Waals surface area contributed by atoms with E-state index in [9.17, 15) is 9.59 Å². The van der Waals surface area contributed by atoms with Gasteiger partial charge in [-0.1, -0.05) is 25.1 Å². The molecule has 1 N–H and O–H groups in total. The highest BCUT2D eigenvalue weighted by atomic mass is 16.9. The highest BCUT2D eigenvalue weighted by molar-refractivity contribution is 5.94. The van der Waals surface area contributed by atoms with Crippen LogP contribution in [0.25, 0.3) is 0 Å². The second-order valence-electron chi connectivity index (χ2n) is 8.46. The smallest absolute Gasteiger partial charge is 0.363 e. The number of methoxy groups -OCH3 is 1. The number of aryl methyl sites for hydroxylation is 1. The van der Waals surface area contributed by atoms with Crippen molar-refractivity contribution in [3.05, 3.63) is 50.9 Å². The molecule has 2 aromatic rings. The van der Waals surface area contributed by atoms with Gasteiger partial charge in [0, 0.05) is 44.9 Å². The minimum atomic E-state index is -1.50. The highest BCUT2D eigenvalue weighted by Crippen LogP contribution is 2.35. The summed E-state index contributed by atoms with van der Waals surface area (Å²) in [5.74, 6) is 0.104. The Balaban J connectivity index is 0.00000100. The van der Waals surface area contributed by atoms with Crippen LogP contribution in [-0.2, 0) is 22.6 Å². The zero-order valence-corrected chi connectivity index (χ0v) is 20.7. The van der Waals surface area contributed by atoms with Crippen LogP contribution < -0.4 is 10.6 Å². The van der Waals surface area contributed by atoms with E-state index < -0.39 is 5.09 Å². The fraction of sp³-hybridized carbons (Fsp3) is 0.636. The molecule has 1 aliphatic rings. The number of ether oxygens (including phenoxy) is 1. The van der Waals surface area contributed by atoms with Crippen molar-refractivity contribution in [1.29, 1.82) is 0 Å². The summed E-state index contributed by atoms with van der Waals surface area (Å²) >= 11 is 0. The van der Waals surface area contributed by atoms with Crippen molar-refractivity contribution in [2.45, 2.75) is 64.7 Å². The van der Waals surface area contributed by atoms with Gasteiger partial charge in [-0.3, -0.25) is 9.69 Å². The van der Waals surface area contributed by atoms with E-state index in [1.165, 1.54) is 9.36 Å². The molecule has 1 amide bonds. The Labute approximate surface area is 204 Å². The molecule has 13 nitrogen and oxygen atoms in total. The van der Waals surface area contributed by atoms with Crippen LogP contribution in [0.5, 0.6) is 0 Å². The molecule has 1 atom stereocenters. The van der Waals surface area contributed by atoms with Crippen LogP contribution in [0.4, 0.5) is 5.69 Å². The van der Waals surface area contributed by atoms with Gasteiger partial charge >= 0.3 is 5.69 Å². The standard InChI is InChI=1S/C22H34N6O3.HNO3/c1-5-20(29)28(19-10-8-7-9-11-19)22(17-31-4)12-14-25(15-13-22)18(3)16-27-21(30)26(6-2)23-24-27;2-1(3)4/h7-11,18H,5-6,12-17H2,1-4H3;(H,2,3,4). The molecule has 0 bridgehead atoms. The molecule has 2 heterocycles. The minimum absolute atomic E-state index is 0.104. The third-order valence-corrected chi connectivity index (χ3v) is 6.24. The lowest BCUT2D eigenvalue weighted by atomic mass is 9.84. The number of carbonyl (C=O) groups excluding carboxylic acids is 1. The minimum Gasteiger partial charge on any atom is -0.382 e. The number of likely N-dealkylation sites (tertiary alicyclic amines) is 1. The van der Waals surface area contributed by atoms with Gasteiger partial charge in [-0.2, -0.15) is 9.36 Å². The zero-order chi connectivity index (χ0) is 26.0. The molecule has 3 rings (SSSR count). The van der Waals surface area contributed by atoms with Crippen LogP contribution in [0.1, 0.15) is 40.0 Å². The molecule has 0 spiro atoms. The monoisotopic (exact) mass is 493 g/mol. The van der Waals surface area contributed by atoms with Gasteiger partial charge in [-0.25, -0.2) is 4.79 Å².